The number of aromatic nitrogens is 1. The average Bonchev–Trinajstić information content (AvgIpc) is 3.43. The molecule has 196 valence electrons. The summed E-state index contributed by atoms with van der Waals surface area (Å²) in [4.78, 5) is 45.4. The van der Waals surface area contributed by atoms with Crippen LogP contribution in [0.15, 0.2) is 60.7 Å². The van der Waals surface area contributed by atoms with E-state index in [1.807, 2.05) is 31.2 Å². The lowest BCUT2D eigenvalue weighted by Gasteiger charge is -2.23. The van der Waals surface area contributed by atoms with Crippen LogP contribution < -0.4 is 9.64 Å². The Morgan fingerprint density at radius 1 is 1.18 bits per heavy atom. The molecule has 1 fully saturated rings. The maximum absolute atomic E-state index is 13.5. The summed E-state index contributed by atoms with van der Waals surface area (Å²) in [6.07, 6.45) is 2.27. The third kappa shape index (κ3) is 4.84. The van der Waals surface area contributed by atoms with Crippen LogP contribution in [-0.2, 0) is 20.7 Å². The molecule has 0 bridgehead atoms. The minimum Gasteiger partial charge on any atom is -0.507 e. The van der Waals surface area contributed by atoms with Crippen LogP contribution in [0.5, 0.6) is 5.75 Å². The molecule has 1 atom stereocenters. The van der Waals surface area contributed by atoms with E-state index in [0.717, 1.165) is 23.3 Å². The summed E-state index contributed by atoms with van der Waals surface area (Å²) in [5.41, 5.74) is 3.09. The molecule has 0 aliphatic carbocycles. The fourth-order valence-corrected chi connectivity index (χ4v) is 5.32. The number of carbonyl (C=O) groups is 3. The van der Waals surface area contributed by atoms with Gasteiger partial charge >= 0.3 is 11.9 Å². The SMILES string of the molecule is C=CCOC(=O)c1sc(N2C(=O)C(=O)/C(=C(/O)c3ccc(OC)cc3C)[C@@H]2c2ccc(CC)cc2)nc1C. The Balaban J connectivity index is 1.90. The quantitative estimate of drug-likeness (QED) is 0.138. The van der Waals surface area contributed by atoms with Crippen molar-refractivity contribution >= 4 is 39.9 Å². The molecule has 1 N–H and O–H groups in total. The Bertz CT molecular complexity index is 1450. The monoisotopic (exact) mass is 532 g/mol. The van der Waals surface area contributed by atoms with Gasteiger partial charge in [0.05, 0.1) is 24.4 Å². The first-order chi connectivity index (χ1) is 18.2. The maximum atomic E-state index is 13.5. The van der Waals surface area contributed by atoms with Gasteiger partial charge in [-0.2, -0.15) is 0 Å². The second-order valence-electron chi connectivity index (χ2n) is 8.74. The molecule has 1 aliphatic rings. The van der Waals surface area contributed by atoms with Crippen LogP contribution in [0.1, 0.15) is 50.6 Å². The summed E-state index contributed by atoms with van der Waals surface area (Å²) >= 11 is 0.957. The molecule has 0 spiro atoms. The number of hydrogen-bond acceptors (Lipinski definition) is 8. The van der Waals surface area contributed by atoms with Gasteiger partial charge in [0.1, 0.15) is 23.0 Å². The summed E-state index contributed by atoms with van der Waals surface area (Å²) in [5, 5.41) is 11.6. The topological polar surface area (TPSA) is 106 Å². The minimum atomic E-state index is -0.954. The number of amides is 1. The van der Waals surface area contributed by atoms with Gasteiger partial charge in [-0.15, -0.1) is 0 Å². The average molecular weight is 533 g/mol. The number of aliphatic hydroxyl groups excluding tert-OH is 1. The molecule has 38 heavy (non-hydrogen) atoms. The molecule has 1 aromatic heterocycles. The number of aliphatic hydroxyl groups is 1. The van der Waals surface area contributed by atoms with Gasteiger partial charge in [0.2, 0.25) is 0 Å². The standard InChI is InChI=1S/C29H28N2O6S/c1-6-14-37-28(35)26-17(4)30-29(38-26)31-23(19-10-8-18(7-2)9-11-19)22(25(33)27(31)34)24(32)21-13-12-20(36-5)15-16(21)3/h6,8-13,15,23,32H,1,7,14H2,2-5H3/b24-22+/t23-/m0/s1. The zero-order valence-corrected chi connectivity index (χ0v) is 22.4. The van der Waals surface area contributed by atoms with Gasteiger partial charge in [-0.05, 0) is 55.2 Å². The number of carbonyl (C=O) groups excluding carboxylic acids is 3. The summed E-state index contributed by atoms with van der Waals surface area (Å²) in [6, 6.07) is 11.6. The highest BCUT2D eigenvalue weighted by Crippen LogP contribution is 2.44. The lowest BCUT2D eigenvalue weighted by molar-refractivity contribution is -0.132. The number of rotatable bonds is 8. The zero-order valence-electron chi connectivity index (χ0n) is 21.6. The van der Waals surface area contributed by atoms with Crippen molar-refractivity contribution in [3.8, 4) is 5.75 Å². The highest BCUT2D eigenvalue weighted by atomic mass is 32.1. The third-order valence-electron chi connectivity index (χ3n) is 6.35. The van der Waals surface area contributed by atoms with Gasteiger partial charge in [-0.3, -0.25) is 14.5 Å². The van der Waals surface area contributed by atoms with Crippen molar-refractivity contribution in [2.75, 3.05) is 18.6 Å². The van der Waals surface area contributed by atoms with Crippen LogP contribution in [0, 0.1) is 13.8 Å². The van der Waals surface area contributed by atoms with E-state index in [1.54, 1.807) is 32.0 Å². The van der Waals surface area contributed by atoms with Crippen LogP contribution in [0.3, 0.4) is 0 Å². The molecule has 2 aromatic carbocycles. The number of Topliss-reactive ketones (excluding diaryl/α,β-unsaturated/α-hetero) is 1. The molecule has 9 heteroatoms. The van der Waals surface area contributed by atoms with E-state index >= 15 is 0 Å². The van der Waals surface area contributed by atoms with Gasteiger partial charge in [-0.25, -0.2) is 9.78 Å². The fraction of sp³-hybridized carbons (Fsp3) is 0.241. The number of ketones is 1. The first-order valence-corrected chi connectivity index (χ1v) is 12.8. The number of methoxy groups -OCH3 is 1. The molecular formula is C29H28N2O6S. The lowest BCUT2D eigenvalue weighted by atomic mass is 9.93. The normalized spacial score (nSPS) is 16.5. The molecule has 1 saturated heterocycles. The van der Waals surface area contributed by atoms with Crippen LogP contribution in [0.2, 0.25) is 0 Å². The molecule has 0 saturated carbocycles. The number of anilines is 1. The van der Waals surface area contributed by atoms with Crippen molar-refractivity contribution in [3.05, 3.63) is 93.5 Å². The predicted molar refractivity (Wildman–Crippen MR) is 146 cm³/mol. The molecule has 0 radical (unpaired) electrons. The Labute approximate surface area is 224 Å². The van der Waals surface area contributed by atoms with Crippen molar-refractivity contribution in [1.29, 1.82) is 0 Å². The summed E-state index contributed by atoms with van der Waals surface area (Å²) in [6.45, 7) is 9.01. The molecule has 2 heterocycles. The second kappa shape index (κ2) is 11.0. The number of aryl methyl sites for hydroxylation is 3. The molecule has 0 unspecified atom stereocenters. The number of hydrogen-bond donors (Lipinski definition) is 1. The van der Waals surface area contributed by atoms with Gasteiger partial charge < -0.3 is 14.6 Å². The smallest absolute Gasteiger partial charge is 0.350 e. The molecule has 4 rings (SSSR count). The van der Waals surface area contributed by atoms with E-state index < -0.39 is 23.7 Å². The van der Waals surface area contributed by atoms with Crippen molar-refractivity contribution in [1.82, 2.24) is 4.98 Å². The number of nitrogens with zero attached hydrogens (tertiary/aromatic N) is 2. The summed E-state index contributed by atoms with van der Waals surface area (Å²) in [5.74, 6) is -1.98. The highest BCUT2D eigenvalue weighted by molar-refractivity contribution is 7.17. The van der Waals surface area contributed by atoms with Crippen molar-refractivity contribution in [3.63, 3.8) is 0 Å². The highest BCUT2D eigenvalue weighted by Gasteiger charge is 2.48. The summed E-state index contributed by atoms with van der Waals surface area (Å²) in [7, 11) is 1.54. The minimum absolute atomic E-state index is 0.0288. The van der Waals surface area contributed by atoms with E-state index in [9.17, 15) is 19.5 Å². The number of esters is 1. The first kappa shape index (κ1) is 26.8. The van der Waals surface area contributed by atoms with E-state index in [0.29, 0.717) is 28.1 Å². The molecule has 1 aliphatic heterocycles. The van der Waals surface area contributed by atoms with Crippen LogP contribution in [0.25, 0.3) is 5.76 Å². The third-order valence-corrected chi connectivity index (χ3v) is 7.48. The van der Waals surface area contributed by atoms with Gasteiger partial charge in [-0.1, -0.05) is 55.2 Å². The van der Waals surface area contributed by atoms with Crippen LogP contribution >= 0.6 is 11.3 Å². The van der Waals surface area contributed by atoms with Gasteiger partial charge in [0, 0.05) is 5.56 Å². The van der Waals surface area contributed by atoms with Crippen molar-refractivity contribution in [2.45, 2.75) is 33.2 Å². The van der Waals surface area contributed by atoms with Gasteiger partial charge in [0.15, 0.2) is 5.13 Å². The fourth-order valence-electron chi connectivity index (χ4n) is 4.33. The molecular weight excluding hydrogens is 504 g/mol. The van der Waals surface area contributed by atoms with Crippen molar-refractivity contribution in [2.24, 2.45) is 0 Å². The van der Waals surface area contributed by atoms with Gasteiger partial charge in [0.25, 0.3) is 5.78 Å². The molecule has 3 aromatic rings. The van der Waals surface area contributed by atoms with Crippen LogP contribution in [0.4, 0.5) is 5.13 Å². The van der Waals surface area contributed by atoms with Crippen molar-refractivity contribution < 1.29 is 29.0 Å². The van der Waals surface area contributed by atoms with Crippen LogP contribution in [-0.4, -0.2) is 41.5 Å². The lowest BCUT2D eigenvalue weighted by Crippen LogP contribution is -2.29. The predicted octanol–water partition coefficient (Wildman–Crippen LogP) is 5.30. The Morgan fingerprint density at radius 2 is 1.89 bits per heavy atom. The number of thiazole rings is 1. The Hall–Kier alpha value is -4.24. The first-order valence-electron chi connectivity index (χ1n) is 12.0. The van der Waals surface area contributed by atoms with E-state index in [2.05, 4.69) is 11.6 Å². The zero-order chi connectivity index (χ0) is 27.6. The Kier molecular flexibility index (Phi) is 7.78. The molecule has 1 amide bonds. The van der Waals surface area contributed by atoms with E-state index in [4.69, 9.17) is 9.47 Å². The molecule has 8 nitrogen and oxygen atoms in total. The summed E-state index contributed by atoms with van der Waals surface area (Å²) < 4.78 is 10.4. The number of benzene rings is 2. The largest absolute Gasteiger partial charge is 0.507 e. The Morgan fingerprint density at radius 3 is 2.50 bits per heavy atom. The second-order valence-corrected chi connectivity index (χ2v) is 9.72. The maximum Gasteiger partial charge on any atom is 0.350 e. The number of ether oxygens (including phenoxy) is 2. The van der Waals surface area contributed by atoms with E-state index in [1.165, 1.54) is 18.1 Å². The van der Waals surface area contributed by atoms with E-state index in [-0.39, 0.29) is 27.9 Å².